The van der Waals surface area contributed by atoms with Crippen LogP contribution in [-0.4, -0.2) is 23.2 Å². The van der Waals surface area contributed by atoms with Crippen molar-refractivity contribution in [2.45, 2.75) is 18.0 Å². The Morgan fingerprint density at radius 2 is 1.65 bits per heavy atom. The molecule has 0 fully saturated rings. The van der Waals surface area contributed by atoms with E-state index in [1.165, 1.54) is 6.33 Å². The predicted octanol–water partition coefficient (Wildman–Crippen LogP) is 1.80. The van der Waals surface area contributed by atoms with E-state index >= 15 is 0 Å². The van der Waals surface area contributed by atoms with E-state index in [0.29, 0.717) is 6.54 Å². The third-order valence-electron chi connectivity index (χ3n) is 3.35. The standard InChI is InChI=1S/C16H16N4O2S/c21-23(22,16-4-2-1-3-5-16)19-10-14-6-8-15(9-7-14)11-20-13-17-12-18-20/h1-9,12-13,19H,10-11H2. The van der Waals surface area contributed by atoms with Crippen LogP contribution >= 0.6 is 0 Å². The molecule has 0 saturated heterocycles. The van der Waals surface area contributed by atoms with Crippen molar-refractivity contribution in [2.24, 2.45) is 0 Å². The van der Waals surface area contributed by atoms with E-state index in [0.717, 1.165) is 11.1 Å². The second-order valence-corrected chi connectivity index (χ2v) is 6.81. The molecule has 1 aromatic heterocycles. The Balaban J connectivity index is 1.62. The topological polar surface area (TPSA) is 76.9 Å². The molecule has 0 aliphatic heterocycles. The van der Waals surface area contributed by atoms with Crippen LogP contribution in [0.2, 0.25) is 0 Å². The normalized spacial score (nSPS) is 11.5. The van der Waals surface area contributed by atoms with Crippen LogP contribution in [0.1, 0.15) is 11.1 Å². The van der Waals surface area contributed by atoms with Crippen molar-refractivity contribution in [1.82, 2.24) is 19.5 Å². The van der Waals surface area contributed by atoms with E-state index in [2.05, 4.69) is 14.8 Å². The number of nitrogens with one attached hydrogen (secondary N) is 1. The largest absolute Gasteiger partial charge is 0.249 e. The van der Waals surface area contributed by atoms with E-state index in [1.807, 2.05) is 24.3 Å². The van der Waals surface area contributed by atoms with Gasteiger partial charge in [-0.25, -0.2) is 22.8 Å². The molecule has 3 rings (SSSR count). The van der Waals surface area contributed by atoms with Crippen molar-refractivity contribution in [3.63, 3.8) is 0 Å². The van der Waals surface area contributed by atoms with Gasteiger partial charge in [-0.2, -0.15) is 5.10 Å². The second kappa shape index (κ2) is 6.72. The first-order valence-electron chi connectivity index (χ1n) is 7.08. The van der Waals surface area contributed by atoms with Gasteiger partial charge in [0, 0.05) is 6.54 Å². The number of rotatable bonds is 6. The molecule has 0 bridgehead atoms. The molecule has 2 aromatic carbocycles. The van der Waals surface area contributed by atoms with Crippen LogP contribution in [0.4, 0.5) is 0 Å². The van der Waals surface area contributed by atoms with Gasteiger partial charge >= 0.3 is 0 Å². The maximum atomic E-state index is 12.2. The fourth-order valence-electron chi connectivity index (χ4n) is 2.13. The first-order chi connectivity index (χ1) is 11.1. The van der Waals surface area contributed by atoms with Crippen molar-refractivity contribution in [3.8, 4) is 0 Å². The second-order valence-electron chi connectivity index (χ2n) is 5.05. The van der Waals surface area contributed by atoms with E-state index in [-0.39, 0.29) is 11.4 Å². The van der Waals surface area contributed by atoms with Gasteiger partial charge in [-0.15, -0.1) is 0 Å². The van der Waals surface area contributed by atoms with Crippen LogP contribution in [0.3, 0.4) is 0 Å². The zero-order chi connectivity index (χ0) is 16.1. The molecule has 3 aromatic rings. The molecular formula is C16H16N4O2S. The fraction of sp³-hybridized carbons (Fsp3) is 0.125. The Morgan fingerprint density at radius 3 is 2.30 bits per heavy atom. The first kappa shape index (κ1) is 15.4. The molecule has 0 aliphatic carbocycles. The quantitative estimate of drug-likeness (QED) is 0.748. The summed E-state index contributed by atoms with van der Waals surface area (Å²) in [6, 6.07) is 16.0. The molecule has 7 heteroatoms. The number of benzene rings is 2. The molecule has 0 spiro atoms. The van der Waals surface area contributed by atoms with E-state index in [4.69, 9.17) is 0 Å². The van der Waals surface area contributed by atoms with Gasteiger partial charge in [0.15, 0.2) is 0 Å². The Morgan fingerprint density at radius 1 is 0.957 bits per heavy atom. The van der Waals surface area contributed by atoms with Gasteiger partial charge in [-0.1, -0.05) is 42.5 Å². The van der Waals surface area contributed by atoms with Crippen molar-refractivity contribution in [3.05, 3.63) is 78.4 Å². The monoisotopic (exact) mass is 328 g/mol. The maximum Gasteiger partial charge on any atom is 0.240 e. The highest BCUT2D eigenvalue weighted by Crippen LogP contribution is 2.10. The molecule has 1 N–H and O–H groups in total. The zero-order valence-corrected chi connectivity index (χ0v) is 13.1. The SMILES string of the molecule is O=S(=O)(NCc1ccc(Cn2cncn2)cc1)c1ccccc1. The third-order valence-corrected chi connectivity index (χ3v) is 4.77. The lowest BCUT2D eigenvalue weighted by molar-refractivity contribution is 0.581. The average Bonchev–Trinajstić information content (AvgIpc) is 3.08. The summed E-state index contributed by atoms with van der Waals surface area (Å²) in [7, 11) is -3.48. The summed E-state index contributed by atoms with van der Waals surface area (Å²) < 4.78 is 28.6. The summed E-state index contributed by atoms with van der Waals surface area (Å²) >= 11 is 0. The van der Waals surface area contributed by atoms with E-state index in [1.54, 1.807) is 41.3 Å². The van der Waals surface area contributed by atoms with Gasteiger partial charge in [-0.3, -0.25) is 0 Å². The summed E-state index contributed by atoms with van der Waals surface area (Å²) in [5, 5.41) is 4.05. The lowest BCUT2D eigenvalue weighted by Gasteiger charge is -2.08. The molecular weight excluding hydrogens is 312 g/mol. The highest BCUT2D eigenvalue weighted by molar-refractivity contribution is 7.89. The van der Waals surface area contributed by atoms with Gasteiger partial charge in [0.2, 0.25) is 10.0 Å². The van der Waals surface area contributed by atoms with Crippen molar-refractivity contribution < 1.29 is 8.42 Å². The van der Waals surface area contributed by atoms with Crippen LogP contribution in [-0.2, 0) is 23.1 Å². The lowest BCUT2D eigenvalue weighted by Crippen LogP contribution is -2.23. The van der Waals surface area contributed by atoms with Crippen LogP contribution in [0.15, 0.2) is 72.1 Å². The van der Waals surface area contributed by atoms with Crippen molar-refractivity contribution in [2.75, 3.05) is 0 Å². The predicted molar refractivity (Wildman–Crippen MR) is 86.0 cm³/mol. The lowest BCUT2D eigenvalue weighted by atomic mass is 10.1. The van der Waals surface area contributed by atoms with Crippen LogP contribution in [0.5, 0.6) is 0 Å². The van der Waals surface area contributed by atoms with Crippen LogP contribution in [0.25, 0.3) is 0 Å². The maximum absolute atomic E-state index is 12.2. The molecule has 23 heavy (non-hydrogen) atoms. The Hall–Kier alpha value is -2.51. The average molecular weight is 328 g/mol. The minimum absolute atomic E-state index is 0.251. The number of nitrogens with zero attached hydrogens (tertiary/aromatic N) is 3. The Bertz CT molecular complexity index is 845. The minimum Gasteiger partial charge on any atom is -0.249 e. The Labute approximate surface area is 134 Å². The third kappa shape index (κ3) is 4.02. The summed E-state index contributed by atoms with van der Waals surface area (Å²) in [6.07, 6.45) is 3.15. The zero-order valence-electron chi connectivity index (χ0n) is 12.3. The molecule has 0 unspecified atom stereocenters. The van der Waals surface area contributed by atoms with Crippen molar-refractivity contribution >= 4 is 10.0 Å². The summed E-state index contributed by atoms with van der Waals surface area (Å²) in [4.78, 5) is 4.16. The summed E-state index contributed by atoms with van der Waals surface area (Å²) in [6.45, 7) is 0.886. The highest BCUT2D eigenvalue weighted by atomic mass is 32.2. The van der Waals surface area contributed by atoms with E-state index < -0.39 is 10.0 Å². The fourth-order valence-corrected chi connectivity index (χ4v) is 3.16. The molecule has 6 nitrogen and oxygen atoms in total. The molecule has 0 radical (unpaired) electrons. The van der Waals surface area contributed by atoms with Gasteiger partial charge in [0.1, 0.15) is 12.7 Å². The van der Waals surface area contributed by atoms with Gasteiger partial charge < -0.3 is 0 Å². The smallest absolute Gasteiger partial charge is 0.240 e. The molecule has 1 heterocycles. The number of hydrogen-bond donors (Lipinski definition) is 1. The number of sulfonamides is 1. The molecule has 0 atom stereocenters. The summed E-state index contributed by atoms with van der Waals surface area (Å²) in [5.41, 5.74) is 1.97. The van der Waals surface area contributed by atoms with Gasteiger partial charge in [0.05, 0.1) is 11.4 Å². The van der Waals surface area contributed by atoms with Crippen molar-refractivity contribution in [1.29, 1.82) is 0 Å². The first-order valence-corrected chi connectivity index (χ1v) is 8.57. The van der Waals surface area contributed by atoms with Gasteiger partial charge in [-0.05, 0) is 23.3 Å². The van der Waals surface area contributed by atoms with Crippen LogP contribution in [0, 0.1) is 0 Å². The Kier molecular flexibility index (Phi) is 4.50. The minimum atomic E-state index is -3.48. The number of aromatic nitrogens is 3. The van der Waals surface area contributed by atoms with E-state index in [9.17, 15) is 8.42 Å². The molecule has 118 valence electrons. The highest BCUT2D eigenvalue weighted by Gasteiger charge is 2.12. The molecule has 0 aliphatic rings. The number of hydrogen-bond acceptors (Lipinski definition) is 4. The summed E-state index contributed by atoms with van der Waals surface area (Å²) in [5.74, 6) is 0. The van der Waals surface area contributed by atoms with Gasteiger partial charge in [0.25, 0.3) is 0 Å². The molecule has 0 saturated carbocycles. The van der Waals surface area contributed by atoms with Crippen LogP contribution < -0.4 is 4.72 Å². The molecule has 0 amide bonds.